The summed E-state index contributed by atoms with van der Waals surface area (Å²) >= 11 is 0. The number of methoxy groups -OCH3 is 1. The number of aryl methyl sites for hydroxylation is 1. The SMILES string of the molecule is COc1ccc(-c2ccccc2NC(=O)c2ccc(C)c(S(N)(=O)=O)c2)cc1. The molecule has 0 aromatic heterocycles. The Morgan fingerprint density at radius 3 is 2.32 bits per heavy atom. The molecule has 3 aromatic carbocycles. The highest BCUT2D eigenvalue weighted by Gasteiger charge is 2.16. The average molecular weight is 396 g/mol. The van der Waals surface area contributed by atoms with Crippen LogP contribution in [0.2, 0.25) is 0 Å². The normalized spacial score (nSPS) is 11.1. The van der Waals surface area contributed by atoms with Gasteiger partial charge < -0.3 is 10.1 Å². The molecule has 0 fully saturated rings. The number of carbonyl (C=O) groups excluding carboxylic acids is 1. The number of benzene rings is 3. The number of primary sulfonamides is 1. The molecule has 0 saturated carbocycles. The van der Waals surface area contributed by atoms with E-state index in [4.69, 9.17) is 9.88 Å². The van der Waals surface area contributed by atoms with E-state index in [-0.39, 0.29) is 10.5 Å². The number of nitrogens with one attached hydrogen (secondary N) is 1. The number of hydrogen-bond donors (Lipinski definition) is 2. The highest BCUT2D eigenvalue weighted by atomic mass is 32.2. The second-order valence-corrected chi connectivity index (χ2v) is 7.78. The Balaban J connectivity index is 1.93. The number of rotatable bonds is 5. The summed E-state index contributed by atoms with van der Waals surface area (Å²) in [5.74, 6) is 0.311. The van der Waals surface area contributed by atoms with E-state index in [1.807, 2.05) is 42.5 Å². The summed E-state index contributed by atoms with van der Waals surface area (Å²) in [6.07, 6.45) is 0. The predicted octanol–water partition coefficient (Wildman–Crippen LogP) is 3.57. The molecule has 0 unspecified atom stereocenters. The zero-order valence-corrected chi connectivity index (χ0v) is 16.3. The summed E-state index contributed by atoms with van der Waals surface area (Å²) in [5, 5.41) is 8.08. The molecule has 3 N–H and O–H groups in total. The third-order valence-corrected chi connectivity index (χ3v) is 5.39. The maximum atomic E-state index is 12.7. The number of anilines is 1. The molecule has 3 rings (SSSR count). The molecule has 0 heterocycles. The zero-order chi connectivity index (χ0) is 20.3. The van der Waals surface area contributed by atoms with Crippen molar-refractivity contribution in [1.29, 1.82) is 0 Å². The van der Waals surface area contributed by atoms with E-state index in [9.17, 15) is 13.2 Å². The van der Waals surface area contributed by atoms with Crippen LogP contribution in [0.1, 0.15) is 15.9 Å². The summed E-state index contributed by atoms with van der Waals surface area (Å²) in [4.78, 5) is 12.7. The van der Waals surface area contributed by atoms with Crippen LogP contribution in [0.4, 0.5) is 5.69 Å². The maximum absolute atomic E-state index is 12.7. The van der Waals surface area contributed by atoms with Crippen LogP contribution in [-0.2, 0) is 10.0 Å². The van der Waals surface area contributed by atoms with Crippen molar-refractivity contribution in [2.45, 2.75) is 11.8 Å². The minimum Gasteiger partial charge on any atom is -0.497 e. The van der Waals surface area contributed by atoms with Gasteiger partial charge in [0, 0.05) is 16.8 Å². The van der Waals surface area contributed by atoms with Gasteiger partial charge in [0.25, 0.3) is 5.91 Å². The van der Waals surface area contributed by atoms with Crippen molar-refractivity contribution in [2.24, 2.45) is 5.14 Å². The van der Waals surface area contributed by atoms with Gasteiger partial charge in [-0.05, 0) is 48.4 Å². The van der Waals surface area contributed by atoms with E-state index in [1.165, 1.54) is 6.07 Å². The number of ether oxygens (including phenoxy) is 1. The van der Waals surface area contributed by atoms with E-state index in [1.54, 1.807) is 32.2 Å². The summed E-state index contributed by atoms with van der Waals surface area (Å²) in [6, 6.07) is 19.2. The van der Waals surface area contributed by atoms with Crippen LogP contribution in [0.5, 0.6) is 5.75 Å². The molecule has 144 valence electrons. The van der Waals surface area contributed by atoms with Crippen LogP contribution < -0.4 is 15.2 Å². The predicted molar refractivity (Wildman–Crippen MR) is 109 cm³/mol. The van der Waals surface area contributed by atoms with E-state index in [0.29, 0.717) is 11.3 Å². The first-order chi connectivity index (χ1) is 13.3. The van der Waals surface area contributed by atoms with Gasteiger partial charge in [0.15, 0.2) is 0 Å². The average Bonchev–Trinajstić information content (AvgIpc) is 2.68. The second kappa shape index (κ2) is 7.84. The molecule has 0 aliphatic rings. The topological polar surface area (TPSA) is 98.5 Å². The smallest absolute Gasteiger partial charge is 0.255 e. The van der Waals surface area contributed by atoms with Crippen molar-refractivity contribution in [3.63, 3.8) is 0 Å². The van der Waals surface area contributed by atoms with Gasteiger partial charge in [-0.25, -0.2) is 13.6 Å². The fourth-order valence-electron chi connectivity index (χ4n) is 2.86. The van der Waals surface area contributed by atoms with Crippen molar-refractivity contribution in [2.75, 3.05) is 12.4 Å². The highest BCUT2D eigenvalue weighted by molar-refractivity contribution is 7.89. The molecule has 28 heavy (non-hydrogen) atoms. The van der Waals surface area contributed by atoms with Crippen molar-refractivity contribution >= 4 is 21.6 Å². The molecule has 0 bridgehead atoms. The van der Waals surface area contributed by atoms with Crippen LogP contribution in [0.3, 0.4) is 0 Å². The number of hydrogen-bond acceptors (Lipinski definition) is 4. The standard InChI is InChI=1S/C21H20N2O4S/c1-14-7-8-16(13-20(14)28(22,25)26)21(24)23-19-6-4-3-5-18(19)15-9-11-17(27-2)12-10-15/h3-13H,1-2H3,(H,23,24)(H2,22,25,26). The van der Waals surface area contributed by atoms with Gasteiger partial charge in [-0.1, -0.05) is 36.4 Å². The Kier molecular flexibility index (Phi) is 5.48. The molecule has 0 spiro atoms. The van der Waals surface area contributed by atoms with Gasteiger partial charge in [-0.3, -0.25) is 4.79 Å². The summed E-state index contributed by atoms with van der Waals surface area (Å²) in [7, 11) is -2.31. The summed E-state index contributed by atoms with van der Waals surface area (Å²) < 4.78 is 28.6. The first kappa shape index (κ1) is 19.6. The Bertz CT molecular complexity index is 1120. The third kappa shape index (κ3) is 4.21. The van der Waals surface area contributed by atoms with E-state index in [2.05, 4.69) is 5.32 Å². The number of sulfonamides is 1. The van der Waals surface area contributed by atoms with Crippen molar-refractivity contribution in [3.8, 4) is 16.9 Å². The van der Waals surface area contributed by atoms with Crippen molar-refractivity contribution in [3.05, 3.63) is 77.9 Å². The Labute approximate surface area is 164 Å². The Morgan fingerprint density at radius 1 is 1.00 bits per heavy atom. The second-order valence-electron chi connectivity index (χ2n) is 6.25. The lowest BCUT2D eigenvalue weighted by Gasteiger charge is -2.13. The summed E-state index contributed by atoms with van der Waals surface area (Å²) in [5.41, 5.74) is 3.04. The van der Waals surface area contributed by atoms with E-state index < -0.39 is 15.9 Å². The minimum atomic E-state index is -3.91. The molecule has 3 aromatic rings. The lowest BCUT2D eigenvalue weighted by Crippen LogP contribution is -2.17. The fraction of sp³-hybridized carbons (Fsp3) is 0.0952. The highest BCUT2D eigenvalue weighted by Crippen LogP contribution is 2.29. The van der Waals surface area contributed by atoms with Crippen LogP contribution in [0.25, 0.3) is 11.1 Å². The molecule has 0 aliphatic carbocycles. The van der Waals surface area contributed by atoms with Gasteiger partial charge in [-0.15, -0.1) is 0 Å². The lowest BCUT2D eigenvalue weighted by atomic mass is 10.0. The first-order valence-corrected chi connectivity index (χ1v) is 10.0. The molecule has 0 radical (unpaired) electrons. The molecule has 6 nitrogen and oxygen atoms in total. The molecular formula is C21H20N2O4S. The largest absolute Gasteiger partial charge is 0.497 e. The van der Waals surface area contributed by atoms with Crippen LogP contribution in [0, 0.1) is 6.92 Å². The van der Waals surface area contributed by atoms with E-state index in [0.717, 1.165) is 16.9 Å². The molecule has 1 amide bonds. The molecule has 0 atom stereocenters. The van der Waals surface area contributed by atoms with Gasteiger partial charge in [0.1, 0.15) is 5.75 Å². The van der Waals surface area contributed by atoms with Crippen LogP contribution >= 0.6 is 0 Å². The zero-order valence-electron chi connectivity index (χ0n) is 15.5. The Morgan fingerprint density at radius 2 is 1.68 bits per heavy atom. The molecular weight excluding hydrogens is 376 g/mol. The number of amides is 1. The quantitative estimate of drug-likeness (QED) is 0.689. The third-order valence-electron chi connectivity index (χ3n) is 4.33. The van der Waals surface area contributed by atoms with Gasteiger partial charge in [0.05, 0.1) is 12.0 Å². The van der Waals surface area contributed by atoms with Gasteiger partial charge in [0.2, 0.25) is 10.0 Å². The first-order valence-electron chi connectivity index (χ1n) is 8.48. The van der Waals surface area contributed by atoms with Crippen LogP contribution in [-0.4, -0.2) is 21.4 Å². The van der Waals surface area contributed by atoms with E-state index >= 15 is 0 Å². The number of para-hydroxylation sites is 1. The minimum absolute atomic E-state index is 0.0661. The van der Waals surface area contributed by atoms with Gasteiger partial charge in [-0.2, -0.15) is 0 Å². The number of nitrogens with two attached hydrogens (primary N) is 1. The molecule has 0 aliphatic heterocycles. The number of carbonyl (C=O) groups is 1. The summed E-state index contributed by atoms with van der Waals surface area (Å²) in [6.45, 7) is 1.63. The van der Waals surface area contributed by atoms with Gasteiger partial charge >= 0.3 is 0 Å². The van der Waals surface area contributed by atoms with Crippen molar-refractivity contribution < 1.29 is 17.9 Å². The van der Waals surface area contributed by atoms with Crippen LogP contribution in [0.15, 0.2) is 71.6 Å². The molecule has 7 heteroatoms. The van der Waals surface area contributed by atoms with Crippen molar-refractivity contribution in [1.82, 2.24) is 0 Å². The lowest BCUT2D eigenvalue weighted by molar-refractivity contribution is 0.102. The molecule has 0 saturated heterocycles. The maximum Gasteiger partial charge on any atom is 0.255 e. The monoisotopic (exact) mass is 396 g/mol. The Hall–Kier alpha value is -3.16. The fourth-order valence-corrected chi connectivity index (χ4v) is 3.66.